The fourth-order valence-corrected chi connectivity index (χ4v) is 1.61. The van der Waals surface area contributed by atoms with E-state index in [-0.39, 0.29) is 25.1 Å². The van der Waals surface area contributed by atoms with E-state index in [1.165, 1.54) is 12.1 Å². The second-order valence-electron chi connectivity index (χ2n) is 4.49. The van der Waals surface area contributed by atoms with Gasteiger partial charge in [0.15, 0.2) is 0 Å². The molecule has 4 nitrogen and oxygen atoms in total. The Morgan fingerprint density at radius 1 is 1.30 bits per heavy atom. The van der Waals surface area contributed by atoms with Gasteiger partial charge < -0.3 is 16.2 Å². The van der Waals surface area contributed by atoms with Crippen LogP contribution in [0.4, 0.5) is 13.2 Å². The molecule has 1 aromatic carbocycles. The number of nitrogens with two attached hydrogens (primary N) is 1. The Hall–Kier alpha value is -1.76. The maximum absolute atomic E-state index is 11.9. The number of nitrogens with one attached hydrogen (secondary N) is 1. The van der Waals surface area contributed by atoms with Crippen LogP contribution >= 0.6 is 0 Å². The molecule has 20 heavy (non-hydrogen) atoms. The van der Waals surface area contributed by atoms with E-state index in [0.29, 0.717) is 0 Å². The fourth-order valence-electron chi connectivity index (χ4n) is 1.61. The zero-order valence-corrected chi connectivity index (χ0v) is 10.8. The highest BCUT2D eigenvalue weighted by molar-refractivity contribution is 5.81. The van der Waals surface area contributed by atoms with Crippen molar-refractivity contribution in [2.75, 3.05) is 6.54 Å². The number of alkyl halides is 3. The highest BCUT2D eigenvalue weighted by Gasteiger charge is 2.26. The predicted molar refractivity (Wildman–Crippen MR) is 68.1 cm³/mol. The minimum atomic E-state index is -4.21. The average molecular weight is 290 g/mol. The van der Waals surface area contributed by atoms with Crippen molar-refractivity contribution in [2.24, 2.45) is 5.73 Å². The lowest BCUT2D eigenvalue weighted by atomic mass is 10.1. The lowest BCUT2D eigenvalue weighted by molar-refractivity contribution is -0.136. The summed E-state index contributed by atoms with van der Waals surface area (Å²) in [5.74, 6) is -0.376. The molecule has 1 rings (SSSR count). The molecule has 0 aliphatic carbocycles. The summed E-state index contributed by atoms with van der Waals surface area (Å²) >= 11 is 0. The van der Waals surface area contributed by atoms with Crippen LogP contribution in [-0.4, -0.2) is 29.8 Å². The third kappa shape index (κ3) is 6.42. The first kappa shape index (κ1) is 16.3. The van der Waals surface area contributed by atoms with E-state index in [9.17, 15) is 18.0 Å². The van der Waals surface area contributed by atoms with Crippen molar-refractivity contribution in [3.63, 3.8) is 0 Å². The highest BCUT2D eigenvalue weighted by Crippen LogP contribution is 2.20. The van der Waals surface area contributed by atoms with Crippen molar-refractivity contribution in [3.05, 3.63) is 29.8 Å². The molecule has 0 aliphatic heterocycles. The molecule has 1 aromatic rings. The van der Waals surface area contributed by atoms with Crippen LogP contribution in [-0.2, 0) is 11.2 Å². The van der Waals surface area contributed by atoms with Crippen molar-refractivity contribution < 1.29 is 23.1 Å². The molecule has 0 heterocycles. The molecule has 0 radical (unpaired) electrons. The second-order valence-corrected chi connectivity index (χ2v) is 4.49. The van der Waals surface area contributed by atoms with Crippen molar-refractivity contribution >= 4 is 5.91 Å². The Kier molecular flexibility index (Phi) is 5.82. The lowest BCUT2D eigenvalue weighted by Crippen LogP contribution is -2.42. The Bertz CT molecular complexity index is 432. The number of phenols is 1. The number of hydrogen-bond donors (Lipinski definition) is 3. The summed E-state index contributed by atoms with van der Waals surface area (Å²) in [6.45, 7) is -0.0539. The maximum Gasteiger partial charge on any atom is 0.389 e. The van der Waals surface area contributed by atoms with Crippen LogP contribution in [0.3, 0.4) is 0 Å². The van der Waals surface area contributed by atoms with E-state index in [1.54, 1.807) is 12.1 Å². The summed E-state index contributed by atoms with van der Waals surface area (Å²) in [5, 5.41) is 11.5. The summed E-state index contributed by atoms with van der Waals surface area (Å²) in [5.41, 5.74) is 6.42. The number of phenolic OH excluding ortho intramolecular Hbond substituents is 1. The summed E-state index contributed by atoms with van der Waals surface area (Å²) in [6, 6.07) is 5.38. The van der Waals surface area contributed by atoms with Crippen LogP contribution < -0.4 is 11.1 Å². The molecule has 0 saturated heterocycles. The van der Waals surface area contributed by atoms with Gasteiger partial charge in [0.2, 0.25) is 5.91 Å². The van der Waals surface area contributed by atoms with E-state index in [2.05, 4.69) is 5.32 Å². The smallest absolute Gasteiger partial charge is 0.389 e. The lowest BCUT2D eigenvalue weighted by Gasteiger charge is -2.13. The van der Waals surface area contributed by atoms with Crippen LogP contribution in [0.1, 0.15) is 18.4 Å². The van der Waals surface area contributed by atoms with E-state index >= 15 is 0 Å². The van der Waals surface area contributed by atoms with Gasteiger partial charge in [-0.2, -0.15) is 13.2 Å². The van der Waals surface area contributed by atoms with Gasteiger partial charge in [0.25, 0.3) is 0 Å². The summed E-state index contributed by atoms with van der Waals surface area (Å²) in [4.78, 5) is 11.6. The number of carbonyl (C=O) groups is 1. The number of rotatable bonds is 6. The Labute approximate surface area is 114 Å². The quantitative estimate of drug-likeness (QED) is 0.698. The van der Waals surface area contributed by atoms with Crippen LogP contribution in [0.2, 0.25) is 0 Å². The van der Waals surface area contributed by atoms with E-state index < -0.39 is 24.5 Å². The van der Waals surface area contributed by atoms with Gasteiger partial charge in [0.1, 0.15) is 5.75 Å². The number of aromatic hydroxyl groups is 1. The van der Waals surface area contributed by atoms with Crippen molar-refractivity contribution in [3.8, 4) is 5.75 Å². The van der Waals surface area contributed by atoms with Gasteiger partial charge in [0.05, 0.1) is 6.04 Å². The number of hydrogen-bond acceptors (Lipinski definition) is 3. The van der Waals surface area contributed by atoms with Crippen LogP contribution in [0, 0.1) is 0 Å². The Morgan fingerprint density at radius 2 is 1.90 bits per heavy atom. The van der Waals surface area contributed by atoms with Gasteiger partial charge in [-0.15, -0.1) is 0 Å². The molecule has 1 amide bonds. The van der Waals surface area contributed by atoms with E-state index in [4.69, 9.17) is 10.8 Å². The van der Waals surface area contributed by atoms with Gasteiger partial charge in [-0.25, -0.2) is 0 Å². The summed E-state index contributed by atoms with van der Waals surface area (Å²) < 4.78 is 35.7. The summed E-state index contributed by atoms with van der Waals surface area (Å²) in [6.07, 6.45) is -5.05. The Morgan fingerprint density at radius 3 is 2.45 bits per heavy atom. The predicted octanol–water partition coefficient (Wildman–Crippen LogP) is 1.72. The number of amides is 1. The minimum absolute atomic E-state index is 0.0539. The monoisotopic (exact) mass is 290 g/mol. The number of benzene rings is 1. The van der Waals surface area contributed by atoms with Crippen molar-refractivity contribution in [1.82, 2.24) is 5.32 Å². The van der Waals surface area contributed by atoms with Crippen molar-refractivity contribution in [1.29, 1.82) is 0 Å². The van der Waals surface area contributed by atoms with Crippen LogP contribution in [0.25, 0.3) is 0 Å². The van der Waals surface area contributed by atoms with Gasteiger partial charge in [0, 0.05) is 13.0 Å². The van der Waals surface area contributed by atoms with Gasteiger partial charge >= 0.3 is 6.18 Å². The SMILES string of the molecule is N[C@@H](Cc1ccc(O)cc1)C(=O)NCCCC(F)(F)F. The molecule has 0 bridgehead atoms. The molecule has 7 heteroatoms. The molecule has 0 aliphatic rings. The molecule has 0 unspecified atom stereocenters. The molecular weight excluding hydrogens is 273 g/mol. The number of halogens is 3. The number of carbonyl (C=O) groups excluding carboxylic acids is 1. The fraction of sp³-hybridized carbons (Fsp3) is 0.462. The third-order valence-electron chi connectivity index (χ3n) is 2.66. The van der Waals surface area contributed by atoms with E-state index in [1.807, 2.05) is 0 Å². The van der Waals surface area contributed by atoms with E-state index in [0.717, 1.165) is 5.56 Å². The standard InChI is InChI=1S/C13H17F3N2O2/c14-13(15,16)6-1-7-18-12(20)11(17)8-9-2-4-10(19)5-3-9/h2-5,11,19H,1,6-8,17H2,(H,18,20)/t11-/m0/s1. The largest absolute Gasteiger partial charge is 0.508 e. The second kappa shape index (κ2) is 7.14. The molecule has 4 N–H and O–H groups in total. The molecule has 0 spiro atoms. The molecule has 112 valence electrons. The first-order valence-corrected chi connectivity index (χ1v) is 6.16. The molecule has 0 aromatic heterocycles. The average Bonchev–Trinajstić information content (AvgIpc) is 2.36. The molecule has 0 saturated carbocycles. The zero-order chi connectivity index (χ0) is 15.2. The van der Waals surface area contributed by atoms with Gasteiger partial charge in [-0.05, 0) is 30.5 Å². The van der Waals surface area contributed by atoms with Crippen LogP contribution in [0.5, 0.6) is 5.75 Å². The molecular formula is C13H17F3N2O2. The van der Waals surface area contributed by atoms with Crippen LogP contribution in [0.15, 0.2) is 24.3 Å². The maximum atomic E-state index is 11.9. The van der Waals surface area contributed by atoms with Gasteiger partial charge in [-0.1, -0.05) is 12.1 Å². The first-order chi connectivity index (χ1) is 9.28. The first-order valence-electron chi connectivity index (χ1n) is 6.16. The topological polar surface area (TPSA) is 75.3 Å². The minimum Gasteiger partial charge on any atom is -0.508 e. The summed E-state index contributed by atoms with van der Waals surface area (Å²) in [7, 11) is 0. The zero-order valence-electron chi connectivity index (χ0n) is 10.8. The molecule has 1 atom stereocenters. The molecule has 0 fully saturated rings. The third-order valence-corrected chi connectivity index (χ3v) is 2.66. The van der Waals surface area contributed by atoms with Crippen molar-refractivity contribution in [2.45, 2.75) is 31.5 Å². The van der Waals surface area contributed by atoms with Gasteiger partial charge in [-0.3, -0.25) is 4.79 Å². The Balaban J connectivity index is 2.30. The highest BCUT2D eigenvalue weighted by atomic mass is 19.4. The normalized spacial score (nSPS) is 13.0.